The molecule has 1 N–H and O–H groups in total. The first kappa shape index (κ1) is 22.1. The molecule has 0 saturated carbocycles. The van der Waals surface area contributed by atoms with Crippen molar-refractivity contribution in [3.8, 4) is 11.5 Å². The summed E-state index contributed by atoms with van der Waals surface area (Å²) in [7, 11) is 0. The van der Waals surface area contributed by atoms with Gasteiger partial charge in [0.1, 0.15) is 17.1 Å². The van der Waals surface area contributed by atoms with Crippen LogP contribution in [0.15, 0.2) is 35.4 Å². The average Bonchev–Trinajstić information content (AvgIpc) is 2.62. The number of benzene rings is 1. The van der Waals surface area contributed by atoms with E-state index in [2.05, 4.69) is 19.9 Å². The highest BCUT2D eigenvalue weighted by Crippen LogP contribution is 2.39. The van der Waals surface area contributed by atoms with E-state index < -0.39 is 0 Å². The van der Waals surface area contributed by atoms with Crippen LogP contribution < -0.4 is 4.74 Å². The van der Waals surface area contributed by atoms with Crippen molar-refractivity contribution in [1.82, 2.24) is 0 Å². The molecule has 28 heavy (non-hydrogen) atoms. The Morgan fingerprint density at radius 2 is 2.04 bits per heavy atom. The summed E-state index contributed by atoms with van der Waals surface area (Å²) in [5.41, 5.74) is 3.93. The van der Waals surface area contributed by atoms with E-state index in [1.54, 1.807) is 13.0 Å². The fourth-order valence-corrected chi connectivity index (χ4v) is 3.60. The van der Waals surface area contributed by atoms with Crippen molar-refractivity contribution in [3.63, 3.8) is 0 Å². The molecule has 1 aromatic carbocycles. The molecule has 0 radical (unpaired) electrons. The molecule has 4 nitrogen and oxygen atoms in total. The molecular formula is C24H34O4. The highest BCUT2D eigenvalue weighted by atomic mass is 16.5. The lowest BCUT2D eigenvalue weighted by Gasteiger charge is -2.36. The summed E-state index contributed by atoms with van der Waals surface area (Å²) in [4.78, 5) is 11.6. The Labute approximate surface area is 169 Å². The molecule has 4 heteroatoms. The Bertz CT molecular complexity index is 760. The van der Waals surface area contributed by atoms with E-state index in [-0.39, 0.29) is 11.6 Å². The molecule has 0 saturated heterocycles. The number of aromatic hydroxyl groups is 1. The summed E-state index contributed by atoms with van der Waals surface area (Å²) in [6, 6.07) is 3.58. The Kier molecular flexibility index (Phi) is 7.73. The maximum Gasteiger partial charge on any atom is 0.333 e. The van der Waals surface area contributed by atoms with Crippen molar-refractivity contribution < 1.29 is 19.4 Å². The Morgan fingerprint density at radius 1 is 1.29 bits per heavy atom. The minimum atomic E-state index is -0.226. The number of hydrogen-bond donors (Lipinski definition) is 1. The van der Waals surface area contributed by atoms with Gasteiger partial charge in [-0.3, -0.25) is 0 Å². The number of hydrogen-bond acceptors (Lipinski definition) is 4. The van der Waals surface area contributed by atoms with Crippen molar-refractivity contribution in [3.05, 3.63) is 46.6 Å². The number of carbonyl (C=O) groups is 1. The zero-order valence-corrected chi connectivity index (χ0v) is 17.9. The van der Waals surface area contributed by atoms with Crippen LogP contribution in [0.4, 0.5) is 0 Å². The molecule has 1 unspecified atom stereocenters. The quantitative estimate of drug-likeness (QED) is 0.348. The molecule has 1 aliphatic heterocycles. The van der Waals surface area contributed by atoms with Crippen LogP contribution >= 0.6 is 0 Å². The third-order valence-corrected chi connectivity index (χ3v) is 5.36. The lowest BCUT2D eigenvalue weighted by atomic mass is 9.87. The molecule has 154 valence electrons. The molecule has 1 atom stereocenters. The van der Waals surface area contributed by atoms with Crippen molar-refractivity contribution >= 4 is 5.97 Å². The monoisotopic (exact) mass is 386 g/mol. The van der Waals surface area contributed by atoms with Crippen molar-refractivity contribution in [2.75, 3.05) is 6.61 Å². The van der Waals surface area contributed by atoms with Crippen LogP contribution in [0.3, 0.4) is 0 Å². The predicted octanol–water partition coefficient (Wildman–Crippen LogP) is 5.80. The van der Waals surface area contributed by atoms with E-state index in [1.807, 2.05) is 26.0 Å². The van der Waals surface area contributed by atoms with Gasteiger partial charge in [0.15, 0.2) is 0 Å². The summed E-state index contributed by atoms with van der Waals surface area (Å²) in [5.74, 6) is 1.02. The number of carbonyl (C=O) groups excluding carboxylic acids is 1. The average molecular weight is 387 g/mol. The first-order valence-electron chi connectivity index (χ1n) is 10.2. The summed E-state index contributed by atoms with van der Waals surface area (Å²) >= 11 is 0. The Hall–Kier alpha value is -2.23. The first-order valence-corrected chi connectivity index (χ1v) is 10.2. The van der Waals surface area contributed by atoms with Crippen molar-refractivity contribution in [2.45, 2.75) is 78.7 Å². The second-order valence-electron chi connectivity index (χ2n) is 8.04. The zero-order chi connectivity index (χ0) is 20.7. The van der Waals surface area contributed by atoms with E-state index in [1.165, 1.54) is 5.57 Å². The number of allylic oxidation sites excluding steroid dienone is 3. The highest BCUT2D eigenvalue weighted by molar-refractivity contribution is 5.87. The maximum atomic E-state index is 11.6. The van der Waals surface area contributed by atoms with Crippen molar-refractivity contribution in [1.29, 1.82) is 0 Å². The van der Waals surface area contributed by atoms with Crippen LogP contribution in [0.25, 0.3) is 0 Å². The number of esters is 1. The van der Waals surface area contributed by atoms with E-state index in [0.29, 0.717) is 17.9 Å². The van der Waals surface area contributed by atoms with Crippen LogP contribution in [-0.4, -0.2) is 23.3 Å². The van der Waals surface area contributed by atoms with E-state index in [9.17, 15) is 9.90 Å². The van der Waals surface area contributed by atoms with Gasteiger partial charge < -0.3 is 14.6 Å². The van der Waals surface area contributed by atoms with Gasteiger partial charge in [-0.25, -0.2) is 4.79 Å². The van der Waals surface area contributed by atoms with Gasteiger partial charge in [-0.05, 0) is 96.4 Å². The SMILES string of the molecule is CCOC(=O)/C(C)=C/CC/C(C)=C/CCC1(C)CCc2cc(O)cc(C)c2O1. The Balaban J connectivity index is 1.84. The molecule has 1 heterocycles. The van der Waals surface area contributed by atoms with Crippen LogP contribution in [0, 0.1) is 6.92 Å². The number of phenols is 1. The molecule has 0 bridgehead atoms. The molecule has 2 rings (SSSR count). The highest BCUT2D eigenvalue weighted by Gasteiger charge is 2.31. The summed E-state index contributed by atoms with van der Waals surface area (Å²) in [6.07, 6.45) is 9.83. The van der Waals surface area contributed by atoms with E-state index >= 15 is 0 Å². The molecule has 1 aromatic rings. The van der Waals surface area contributed by atoms with Crippen LogP contribution in [0.1, 0.15) is 70.9 Å². The second-order valence-corrected chi connectivity index (χ2v) is 8.04. The zero-order valence-electron chi connectivity index (χ0n) is 17.9. The maximum absolute atomic E-state index is 11.6. The van der Waals surface area contributed by atoms with Gasteiger partial charge in [0.2, 0.25) is 0 Å². The van der Waals surface area contributed by atoms with Gasteiger partial charge in [0, 0.05) is 5.57 Å². The predicted molar refractivity (Wildman–Crippen MR) is 113 cm³/mol. The molecule has 0 amide bonds. The lowest BCUT2D eigenvalue weighted by Crippen LogP contribution is -2.36. The number of phenolic OH excluding ortho intramolecular Hbond substituents is 1. The normalized spacial score (nSPS) is 19.8. The largest absolute Gasteiger partial charge is 0.508 e. The van der Waals surface area contributed by atoms with E-state index in [4.69, 9.17) is 9.47 Å². The first-order chi connectivity index (χ1) is 13.2. The molecule has 0 aromatic heterocycles. The van der Waals surface area contributed by atoms with Crippen molar-refractivity contribution in [2.24, 2.45) is 0 Å². The van der Waals surface area contributed by atoms with Gasteiger partial charge in [-0.1, -0.05) is 17.7 Å². The minimum absolute atomic E-state index is 0.175. The number of fused-ring (bicyclic) bond motifs is 1. The number of ether oxygens (including phenoxy) is 2. The van der Waals surface area contributed by atoms with Gasteiger partial charge in [-0.2, -0.15) is 0 Å². The number of aryl methyl sites for hydroxylation is 2. The molecular weight excluding hydrogens is 352 g/mol. The van der Waals surface area contributed by atoms with Crippen LogP contribution in [0.2, 0.25) is 0 Å². The van der Waals surface area contributed by atoms with Gasteiger partial charge in [0.25, 0.3) is 0 Å². The van der Waals surface area contributed by atoms with Gasteiger partial charge in [-0.15, -0.1) is 0 Å². The Morgan fingerprint density at radius 3 is 2.75 bits per heavy atom. The standard InChI is InChI=1S/C24H34O4/c1-6-27-23(26)18(3)11-7-9-17(2)10-8-13-24(5)14-12-20-16-21(25)15-19(4)22(20)28-24/h10-11,15-16,25H,6-9,12-14H2,1-5H3/b17-10+,18-11+. The fourth-order valence-electron chi connectivity index (χ4n) is 3.60. The lowest BCUT2D eigenvalue weighted by molar-refractivity contribution is -0.138. The summed E-state index contributed by atoms with van der Waals surface area (Å²) in [5, 5.41) is 9.77. The summed E-state index contributed by atoms with van der Waals surface area (Å²) in [6.45, 7) is 10.3. The molecule has 0 fully saturated rings. The van der Waals surface area contributed by atoms with Gasteiger partial charge >= 0.3 is 5.97 Å². The molecule has 1 aliphatic rings. The third kappa shape index (κ3) is 6.15. The van der Waals surface area contributed by atoms with E-state index in [0.717, 1.165) is 55.4 Å². The fraction of sp³-hybridized carbons (Fsp3) is 0.542. The van der Waals surface area contributed by atoms with Crippen LogP contribution in [0.5, 0.6) is 11.5 Å². The second kappa shape index (κ2) is 9.81. The smallest absolute Gasteiger partial charge is 0.333 e. The topological polar surface area (TPSA) is 55.8 Å². The molecule has 0 spiro atoms. The minimum Gasteiger partial charge on any atom is -0.508 e. The number of rotatable bonds is 8. The van der Waals surface area contributed by atoms with Crippen LogP contribution in [-0.2, 0) is 16.0 Å². The molecule has 0 aliphatic carbocycles. The van der Waals surface area contributed by atoms with Gasteiger partial charge in [0.05, 0.1) is 6.61 Å². The summed E-state index contributed by atoms with van der Waals surface area (Å²) < 4.78 is 11.3. The third-order valence-electron chi connectivity index (χ3n) is 5.36.